The van der Waals surface area contributed by atoms with Crippen molar-refractivity contribution >= 4 is 5.97 Å². The Balaban J connectivity index is 2.87. The molecule has 0 aromatic carbocycles. The molecule has 0 amide bonds. The summed E-state index contributed by atoms with van der Waals surface area (Å²) in [7, 11) is 0. The highest BCUT2D eigenvalue weighted by atomic mass is 19.4. The lowest BCUT2D eigenvalue weighted by molar-refractivity contribution is -0.146. The van der Waals surface area contributed by atoms with E-state index in [0.29, 0.717) is 10.7 Å². The molecule has 1 aromatic rings. The van der Waals surface area contributed by atoms with E-state index in [1.165, 1.54) is 0 Å². The van der Waals surface area contributed by atoms with E-state index in [2.05, 4.69) is 4.74 Å². The Labute approximate surface area is 87.8 Å². The number of ether oxygens (including phenoxy) is 1. The molecule has 0 bridgehead atoms. The first-order valence-corrected chi connectivity index (χ1v) is 4.37. The lowest BCUT2D eigenvalue weighted by atomic mass is 10.4. The maximum Gasteiger partial charge on any atom is 0.432 e. The van der Waals surface area contributed by atoms with Crippen LogP contribution in [0.5, 0.6) is 0 Å². The zero-order chi connectivity index (χ0) is 12.3. The number of carbonyl (C=O) groups is 1. The van der Waals surface area contributed by atoms with Gasteiger partial charge in [0.2, 0.25) is 0 Å². The number of esters is 1. The van der Waals surface area contributed by atoms with Crippen LogP contribution < -0.4 is 5.56 Å². The summed E-state index contributed by atoms with van der Waals surface area (Å²) in [4.78, 5) is 22.0. The molecule has 0 fully saturated rings. The van der Waals surface area contributed by atoms with Gasteiger partial charge in [0.25, 0.3) is 5.56 Å². The van der Waals surface area contributed by atoms with Crippen LogP contribution in [0.2, 0.25) is 0 Å². The minimum atomic E-state index is -4.64. The van der Waals surface area contributed by atoms with Gasteiger partial charge in [0.1, 0.15) is 12.2 Å². The standard InChI is InChI=1S/C8H9F3N2O3/c1-2-16-7(15)4-13-6(14)3-5(12-13)8(9,10)11/h3,12H,2,4H2,1H3. The predicted molar refractivity (Wildman–Crippen MR) is 46.7 cm³/mol. The first-order valence-electron chi connectivity index (χ1n) is 4.37. The number of carbonyl (C=O) groups excluding carboxylic acids is 1. The van der Waals surface area contributed by atoms with E-state index in [1.807, 2.05) is 0 Å². The highest BCUT2D eigenvalue weighted by molar-refractivity contribution is 5.68. The molecule has 1 aromatic heterocycles. The summed E-state index contributed by atoms with van der Waals surface area (Å²) in [6.07, 6.45) is -4.64. The number of hydrogen-bond acceptors (Lipinski definition) is 3. The highest BCUT2D eigenvalue weighted by Gasteiger charge is 2.33. The van der Waals surface area contributed by atoms with Gasteiger partial charge in [0.05, 0.1) is 6.61 Å². The van der Waals surface area contributed by atoms with Crippen LogP contribution in [-0.4, -0.2) is 22.4 Å². The summed E-state index contributed by atoms with van der Waals surface area (Å²) < 4.78 is 41.5. The molecule has 1 rings (SSSR count). The Morgan fingerprint density at radius 2 is 2.19 bits per heavy atom. The third-order valence-electron chi connectivity index (χ3n) is 1.69. The number of H-pyrrole nitrogens is 1. The molecule has 90 valence electrons. The smallest absolute Gasteiger partial charge is 0.432 e. The van der Waals surface area contributed by atoms with Gasteiger partial charge < -0.3 is 4.74 Å². The summed E-state index contributed by atoms with van der Waals surface area (Å²) in [5.41, 5.74) is -2.12. The fourth-order valence-corrected chi connectivity index (χ4v) is 1.03. The molecule has 16 heavy (non-hydrogen) atoms. The average molecular weight is 238 g/mol. The quantitative estimate of drug-likeness (QED) is 0.790. The van der Waals surface area contributed by atoms with Crippen LogP contribution in [0.1, 0.15) is 12.6 Å². The minimum absolute atomic E-state index is 0.0976. The molecule has 1 heterocycles. The van der Waals surface area contributed by atoms with Gasteiger partial charge >= 0.3 is 12.1 Å². The molecule has 0 aliphatic heterocycles. The van der Waals surface area contributed by atoms with Gasteiger partial charge in [-0.05, 0) is 6.92 Å². The van der Waals surface area contributed by atoms with E-state index < -0.39 is 29.9 Å². The predicted octanol–water partition coefficient (Wildman–Crippen LogP) is 0.758. The van der Waals surface area contributed by atoms with Crippen LogP contribution in [0.3, 0.4) is 0 Å². The van der Waals surface area contributed by atoms with E-state index in [4.69, 9.17) is 0 Å². The molecule has 0 spiro atoms. The Morgan fingerprint density at radius 1 is 1.56 bits per heavy atom. The van der Waals surface area contributed by atoms with Gasteiger partial charge in [-0.2, -0.15) is 13.2 Å². The Hall–Kier alpha value is -1.73. The second-order valence-corrected chi connectivity index (χ2v) is 2.90. The summed E-state index contributed by atoms with van der Waals surface area (Å²) in [5, 5.41) is 1.79. The maximum absolute atomic E-state index is 12.2. The van der Waals surface area contributed by atoms with Gasteiger partial charge in [-0.25, -0.2) is 4.68 Å². The zero-order valence-electron chi connectivity index (χ0n) is 8.30. The lowest BCUT2D eigenvalue weighted by Gasteiger charge is -2.04. The van der Waals surface area contributed by atoms with Crippen LogP contribution in [0, 0.1) is 0 Å². The van der Waals surface area contributed by atoms with Gasteiger partial charge in [0.15, 0.2) is 0 Å². The van der Waals surface area contributed by atoms with Crippen molar-refractivity contribution in [2.45, 2.75) is 19.6 Å². The topological polar surface area (TPSA) is 64.1 Å². The second kappa shape index (κ2) is 4.42. The van der Waals surface area contributed by atoms with Crippen molar-refractivity contribution in [1.29, 1.82) is 0 Å². The van der Waals surface area contributed by atoms with E-state index >= 15 is 0 Å². The van der Waals surface area contributed by atoms with E-state index in [1.54, 1.807) is 12.0 Å². The van der Waals surface area contributed by atoms with Crippen molar-refractivity contribution in [2.24, 2.45) is 0 Å². The SMILES string of the molecule is CCOC(=O)Cn1[nH]c(C(F)(F)F)cc1=O. The van der Waals surface area contributed by atoms with E-state index in [0.717, 1.165) is 0 Å². The first kappa shape index (κ1) is 12.3. The van der Waals surface area contributed by atoms with Crippen molar-refractivity contribution in [3.05, 3.63) is 22.1 Å². The summed E-state index contributed by atoms with van der Waals surface area (Å²) in [6.45, 7) is 1.08. The largest absolute Gasteiger partial charge is 0.465 e. The van der Waals surface area contributed by atoms with Gasteiger partial charge in [0, 0.05) is 6.07 Å². The van der Waals surface area contributed by atoms with Gasteiger partial charge in [-0.15, -0.1) is 0 Å². The molecule has 1 N–H and O–H groups in total. The number of alkyl halides is 3. The number of nitrogens with one attached hydrogen (secondary N) is 1. The summed E-state index contributed by atoms with van der Waals surface area (Å²) >= 11 is 0. The molecular weight excluding hydrogens is 229 g/mol. The monoisotopic (exact) mass is 238 g/mol. The Kier molecular flexibility index (Phi) is 3.41. The molecule has 5 nitrogen and oxygen atoms in total. The third kappa shape index (κ3) is 2.88. The van der Waals surface area contributed by atoms with Gasteiger partial charge in [-0.1, -0.05) is 0 Å². The van der Waals surface area contributed by atoms with Crippen LogP contribution in [0.25, 0.3) is 0 Å². The van der Waals surface area contributed by atoms with Crippen molar-refractivity contribution in [1.82, 2.24) is 9.78 Å². The molecule has 0 saturated heterocycles. The first-order chi connectivity index (χ1) is 7.34. The lowest BCUT2D eigenvalue weighted by Crippen LogP contribution is -2.23. The maximum atomic E-state index is 12.2. The van der Waals surface area contributed by atoms with Crippen molar-refractivity contribution in [3.8, 4) is 0 Å². The van der Waals surface area contributed by atoms with E-state index in [9.17, 15) is 22.8 Å². The highest BCUT2D eigenvalue weighted by Crippen LogP contribution is 2.26. The molecule has 0 radical (unpaired) electrons. The van der Waals surface area contributed by atoms with Crippen molar-refractivity contribution < 1.29 is 22.7 Å². The molecule has 0 unspecified atom stereocenters. The number of rotatable bonds is 3. The Morgan fingerprint density at radius 3 is 2.62 bits per heavy atom. The number of nitrogens with zero attached hydrogens (tertiary/aromatic N) is 1. The molecular formula is C8H9F3N2O3. The molecule has 0 saturated carbocycles. The molecule has 8 heteroatoms. The van der Waals surface area contributed by atoms with E-state index in [-0.39, 0.29) is 6.61 Å². The van der Waals surface area contributed by atoms with Crippen molar-refractivity contribution in [2.75, 3.05) is 6.61 Å². The van der Waals surface area contributed by atoms with Crippen LogP contribution >= 0.6 is 0 Å². The third-order valence-corrected chi connectivity index (χ3v) is 1.69. The zero-order valence-corrected chi connectivity index (χ0v) is 8.30. The summed E-state index contributed by atoms with van der Waals surface area (Å²) in [5.74, 6) is -0.778. The normalized spacial score (nSPS) is 11.5. The number of aromatic amines is 1. The summed E-state index contributed by atoms with van der Waals surface area (Å²) in [6, 6.07) is 0.388. The van der Waals surface area contributed by atoms with Gasteiger partial charge in [-0.3, -0.25) is 14.7 Å². The fraction of sp³-hybridized carbons (Fsp3) is 0.500. The molecule has 0 atom stereocenters. The minimum Gasteiger partial charge on any atom is -0.465 e. The number of halogens is 3. The number of hydrogen-bond donors (Lipinski definition) is 1. The van der Waals surface area contributed by atoms with Crippen LogP contribution in [0.15, 0.2) is 10.9 Å². The molecule has 0 aliphatic rings. The molecule has 0 aliphatic carbocycles. The number of aromatic nitrogens is 2. The fourth-order valence-electron chi connectivity index (χ4n) is 1.03. The Bertz CT molecular complexity index is 432. The van der Waals surface area contributed by atoms with Crippen LogP contribution in [-0.2, 0) is 22.3 Å². The second-order valence-electron chi connectivity index (χ2n) is 2.90. The van der Waals surface area contributed by atoms with Crippen LogP contribution in [0.4, 0.5) is 13.2 Å². The van der Waals surface area contributed by atoms with Crippen molar-refractivity contribution in [3.63, 3.8) is 0 Å². The average Bonchev–Trinajstić information content (AvgIpc) is 2.47.